The predicted molar refractivity (Wildman–Crippen MR) is 120 cm³/mol. The fourth-order valence-electron chi connectivity index (χ4n) is 3.20. The minimum atomic E-state index is -4.55. The molecule has 0 radical (unpaired) electrons. The van der Waals surface area contributed by atoms with E-state index in [4.69, 9.17) is 4.98 Å². The van der Waals surface area contributed by atoms with Crippen molar-refractivity contribution >= 4 is 34.4 Å². The minimum Gasteiger partial charge on any atom is -0.325 e. The number of thioether (sulfide) groups is 1. The molecule has 32 heavy (non-hydrogen) atoms. The van der Waals surface area contributed by atoms with E-state index < -0.39 is 17.6 Å². The van der Waals surface area contributed by atoms with Crippen LogP contribution < -0.4 is 5.32 Å². The summed E-state index contributed by atoms with van der Waals surface area (Å²) >= 11 is 1.15. The molecular formula is C24H18F3N3OS. The van der Waals surface area contributed by atoms with Crippen molar-refractivity contribution in [2.24, 2.45) is 0 Å². The summed E-state index contributed by atoms with van der Waals surface area (Å²) in [5, 5.41) is 2.94. The molecule has 0 bridgehead atoms. The van der Waals surface area contributed by atoms with Crippen LogP contribution in [0.2, 0.25) is 0 Å². The molecule has 1 aromatic heterocycles. The van der Waals surface area contributed by atoms with Gasteiger partial charge in [-0.3, -0.25) is 4.79 Å². The number of fused-ring (bicyclic) bond motifs is 1. The van der Waals surface area contributed by atoms with Gasteiger partial charge in [-0.2, -0.15) is 13.2 Å². The molecule has 0 unspecified atom stereocenters. The van der Waals surface area contributed by atoms with Crippen LogP contribution in [0, 0.1) is 0 Å². The molecule has 3 aromatic carbocycles. The van der Waals surface area contributed by atoms with Crippen molar-refractivity contribution in [2.75, 3.05) is 11.1 Å². The van der Waals surface area contributed by atoms with Gasteiger partial charge in [-0.15, -0.1) is 0 Å². The van der Waals surface area contributed by atoms with Gasteiger partial charge in [0.05, 0.1) is 33.7 Å². The number of anilines is 1. The number of carbonyl (C=O) groups is 1. The fourth-order valence-corrected chi connectivity index (χ4v) is 3.99. The number of halogens is 3. The highest BCUT2D eigenvalue weighted by Gasteiger charge is 2.33. The first-order valence-corrected chi connectivity index (χ1v) is 10.8. The predicted octanol–water partition coefficient (Wildman–Crippen LogP) is 5.97. The van der Waals surface area contributed by atoms with Crippen molar-refractivity contribution in [3.8, 4) is 0 Å². The molecule has 0 aliphatic heterocycles. The molecule has 162 valence electrons. The maximum Gasteiger partial charge on any atom is 0.418 e. The summed E-state index contributed by atoms with van der Waals surface area (Å²) in [5.74, 6) is -0.645. The molecule has 0 spiro atoms. The highest BCUT2D eigenvalue weighted by molar-refractivity contribution is 8.00. The van der Waals surface area contributed by atoms with Crippen LogP contribution in [-0.2, 0) is 17.4 Å². The maximum absolute atomic E-state index is 13.2. The third-order valence-corrected chi connectivity index (χ3v) is 5.67. The first-order valence-electron chi connectivity index (χ1n) is 9.78. The van der Waals surface area contributed by atoms with Gasteiger partial charge in [-0.25, -0.2) is 9.97 Å². The first kappa shape index (κ1) is 21.8. The van der Waals surface area contributed by atoms with Gasteiger partial charge in [0.1, 0.15) is 5.03 Å². The van der Waals surface area contributed by atoms with E-state index in [-0.39, 0.29) is 11.4 Å². The lowest BCUT2D eigenvalue weighted by Crippen LogP contribution is -2.18. The van der Waals surface area contributed by atoms with E-state index >= 15 is 0 Å². The summed E-state index contributed by atoms with van der Waals surface area (Å²) < 4.78 is 39.5. The van der Waals surface area contributed by atoms with E-state index in [1.165, 1.54) is 18.2 Å². The molecule has 0 saturated heterocycles. The summed E-state index contributed by atoms with van der Waals surface area (Å²) in [4.78, 5) is 21.8. The number of carbonyl (C=O) groups excluding carboxylic acids is 1. The van der Waals surface area contributed by atoms with Crippen LogP contribution in [0.3, 0.4) is 0 Å². The van der Waals surface area contributed by atoms with Crippen molar-refractivity contribution in [3.05, 3.63) is 95.7 Å². The van der Waals surface area contributed by atoms with Crippen molar-refractivity contribution in [1.29, 1.82) is 0 Å². The van der Waals surface area contributed by atoms with Crippen LogP contribution in [0.5, 0.6) is 0 Å². The van der Waals surface area contributed by atoms with E-state index in [0.717, 1.165) is 28.9 Å². The summed E-state index contributed by atoms with van der Waals surface area (Å²) in [6.07, 6.45) is -4.02. The highest BCUT2D eigenvalue weighted by atomic mass is 32.2. The van der Waals surface area contributed by atoms with Gasteiger partial charge >= 0.3 is 6.18 Å². The van der Waals surface area contributed by atoms with Crippen LogP contribution in [0.25, 0.3) is 11.0 Å². The van der Waals surface area contributed by atoms with Crippen LogP contribution in [0.15, 0.2) is 83.9 Å². The number of aromatic nitrogens is 2. The number of para-hydroxylation sites is 3. The number of nitrogens with zero attached hydrogens (tertiary/aromatic N) is 2. The second-order valence-corrected chi connectivity index (χ2v) is 7.97. The standard InChI is InChI=1S/C24H18F3N3OS/c25-24(26,27)17-10-4-5-11-18(17)29-22(31)15-32-23-21(14-16-8-2-1-3-9-16)28-19-12-6-7-13-20(19)30-23/h1-13H,14-15H2,(H,29,31). The average Bonchev–Trinajstić information content (AvgIpc) is 2.78. The van der Waals surface area contributed by atoms with Crippen molar-refractivity contribution in [3.63, 3.8) is 0 Å². The zero-order chi connectivity index (χ0) is 22.6. The number of hydrogen-bond donors (Lipinski definition) is 1. The Morgan fingerprint density at radius 2 is 1.47 bits per heavy atom. The van der Waals surface area contributed by atoms with Gasteiger partial charge in [0.2, 0.25) is 5.91 Å². The number of nitrogens with one attached hydrogen (secondary N) is 1. The van der Waals surface area contributed by atoms with Gasteiger partial charge in [-0.1, -0.05) is 66.4 Å². The van der Waals surface area contributed by atoms with Crippen molar-refractivity contribution < 1.29 is 18.0 Å². The summed E-state index contributed by atoms with van der Waals surface area (Å²) in [6.45, 7) is 0. The van der Waals surface area contributed by atoms with Gasteiger partial charge < -0.3 is 5.32 Å². The van der Waals surface area contributed by atoms with Crippen LogP contribution in [0.1, 0.15) is 16.8 Å². The van der Waals surface area contributed by atoms with Gasteiger partial charge in [0, 0.05) is 6.42 Å². The topological polar surface area (TPSA) is 54.9 Å². The maximum atomic E-state index is 13.2. The molecule has 8 heteroatoms. The zero-order valence-corrected chi connectivity index (χ0v) is 17.6. The van der Waals surface area contributed by atoms with E-state index in [2.05, 4.69) is 10.3 Å². The van der Waals surface area contributed by atoms with Crippen LogP contribution >= 0.6 is 11.8 Å². The molecule has 1 amide bonds. The monoisotopic (exact) mass is 453 g/mol. The molecule has 4 aromatic rings. The lowest BCUT2D eigenvalue weighted by molar-refractivity contribution is -0.137. The third-order valence-electron chi connectivity index (χ3n) is 4.67. The molecule has 0 fully saturated rings. The van der Waals surface area contributed by atoms with E-state index in [1.54, 1.807) is 0 Å². The molecule has 1 N–H and O–H groups in total. The Bertz CT molecular complexity index is 1250. The van der Waals surface area contributed by atoms with Crippen LogP contribution in [-0.4, -0.2) is 21.6 Å². The average molecular weight is 453 g/mol. The van der Waals surface area contributed by atoms with Crippen molar-refractivity contribution in [2.45, 2.75) is 17.6 Å². The molecule has 0 atom stereocenters. The molecule has 4 nitrogen and oxygen atoms in total. The van der Waals surface area contributed by atoms with E-state index in [0.29, 0.717) is 22.7 Å². The number of amides is 1. The Hall–Kier alpha value is -3.39. The number of alkyl halides is 3. The number of benzene rings is 3. The summed E-state index contributed by atoms with van der Waals surface area (Å²) in [7, 11) is 0. The van der Waals surface area contributed by atoms with Gasteiger partial charge in [0.15, 0.2) is 0 Å². The molecular weight excluding hydrogens is 435 g/mol. The second kappa shape index (κ2) is 9.40. The summed E-state index contributed by atoms with van der Waals surface area (Å²) in [5.41, 5.74) is 2.04. The summed E-state index contributed by atoms with van der Waals surface area (Å²) in [6, 6.07) is 22.1. The van der Waals surface area contributed by atoms with Gasteiger partial charge in [-0.05, 0) is 29.8 Å². The quantitative estimate of drug-likeness (QED) is 0.366. The van der Waals surface area contributed by atoms with Gasteiger partial charge in [0.25, 0.3) is 0 Å². The Morgan fingerprint density at radius 3 is 2.19 bits per heavy atom. The Kier molecular flexibility index (Phi) is 6.41. The largest absolute Gasteiger partial charge is 0.418 e. The fraction of sp³-hybridized carbons (Fsp3) is 0.125. The lowest BCUT2D eigenvalue weighted by atomic mass is 10.1. The SMILES string of the molecule is O=C(CSc1nc2ccccc2nc1Cc1ccccc1)Nc1ccccc1C(F)(F)F. The van der Waals surface area contributed by atoms with E-state index in [9.17, 15) is 18.0 Å². The van der Waals surface area contributed by atoms with Crippen LogP contribution in [0.4, 0.5) is 18.9 Å². The molecule has 0 aliphatic rings. The smallest absolute Gasteiger partial charge is 0.325 e. The molecule has 0 aliphatic carbocycles. The lowest BCUT2D eigenvalue weighted by Gasteiger charge is -2.14. The first-order chi connectivity index (χ1) is 15.4. The molecule has 0 saturated carbocycles. The van der Waals surface area contributed by atoms with E-state index in [1.807, 2.05) is 54.6 Å². The molecule has 1 heterocycles. The third kappa shape index (κ3) is 5.26. The normalized spacial score (nSPS) is 11.5. The Balaban J connectivity index is 1.55. The zero-order valence-electron chi connectivity index (χ0n) is 16.8. The Morgan fingerprint density at radius 1 is 0.844 bits per heavy atom. The molecule has 4 rings (SSSR count). The Labute approximate surface area is 186 Å². The highest BCUT2D eigenvalue weighted by Crippen LogP contribution is 2.34. The number of hydrogen-bond acceptors (Lipinski definition) is 4. The second-order valence-electron chi connectivity index (χ2n) is 7.01. The van der Waals surface area contributed by atoms with Crippen molar-refractivity contribution in [1.82, 2.24) is 9.97 Å². The minimum absolute atomic E-state index is 0.0962. The number of rotatable bonds is 6.